The van der Waals surface area contributed by atoms with Crippen molar-refractivity contribution in [3.8, 4) is 23.0 Å². The van der Waals surface area contributed by atoms with Crippen molar-refractivity contribution in [1.29, 1.82) is 0 Å². The van der Waals surface area contributed by atoms with E-state index in [1.54, 1.807) is 55.7 Å². The maximum Gasteiger partial charge on any atom is 0.0471 e. The first-order valence-corrected chi connectivity index (χ1v) is 82.8. The Hall–Kier alpha value is -2.38. The molecule has 2 amide bonds. The molecule has 6 heterocycles. The number of hydrogen-bond donors (Lipinski definition) is 4. The predicted octanol–water partition coefficient (Wildman–Crippen LogP) is 24.1. The number of carboxylic acids is 2. The van der Waals surface area contributed by atoms with Crippen molar-refractivity contribution in [3.63, 3.8) is 0 Å². The van der Waals surface area contributed by atoms with Crippen LogP contribution in [0.4, 0.5) is 0 Å². The second-order valence-electron chi connectivity index (χ2n) is 37.7. The summed E-state index contributed by atoms with van der Waals surface area (Å²) in [5.74, 6) is 0.297. The summed E-state index contributed by atoms with van der Waals surface area (Å²) in [4.78, 5) is 53.1. The molecule has 7 aromatic rings. The van der Waals surface area contributed by atoms with Crippen LogP contribution in [-0.2, 0) is 118 Å². The van der Waals surface area contributed by atoms with Gasteiger partial charge in [0.1, 0.15) is 34.1 Å². The van der Waals surface area contributed by atoms with E-state index in [1.165, 1.54) is 98.8 Å². The fourth-order valence-electron chi connectivity index (χ4n) is 14.6. The number of sulfone groups is 3. The van der Waals surface area contributed by atoms with Gasteiger partial charge in [-0.25, -0.2) is 39.1 Å². The molecule has 0 saturated carbocycles. The molecule has 0 spiro atoms. The van der Waals surface area contributed by atoms with Crippen molar-refractivity contribution in [3.05, 3.63) is 200 Å². The molecular formula is C95H136I6N3O21S4Si3V2. The van der Waals surface area contributed by atoms with Crippen LogP contribution in [0.2, 0.25) is 71.0 Å². The standard InChI is InChI=1S/C28H39NO5SSi.C23H27NO5S.C15H24O5SSi.C13H17NO.C11H14O5S.C4H11ISi.CH4.I2.3HI.2V/c1-20(2)34-27-9-8-25(35(31,32)14-15-36(3,4)5)17-26(27)28(30)29-18-23-7-6-22(16-24(23)19-29)21-10-12-33-13-11-21;1-15(2)29-22-6-5-20(30(26)27)12-21(22)23(25)24-13-18-4-3-17(11-19(18)14-24)16-7-9-28-10-8-16;1-11(2)20-14-7-6-12(10-13(14)15(16)17)21(18,19)8-9-22(3,4)5;1-2-12-8-14-9-13(12)7-11(1)10-3-5-15-6-4-10;1-7(2)16-10-5-4-8(17(3,14)15)6-9(10)11(12)13;1-6(2,3)4-5;;1-2;;;;;/h6-9,16-17,20-21H,10-15,18-19H2,1-5H3;3-6,11-12,15-16H,7-10,13-14H2,1-2H3,(H,26,27);6-7,10-11H,8-9H2,1-5H3,(H,16,17);1-2,7,10,14H,3-6,8-9H2;4-7H,1-3H3,(H,12,13);4H2,1-3H3;1H4;;3*1H;;/q;;;;;;;;;;;;+3/p-3. The first kappa shape index (κ1) is 124. The Labute approximate surface area is 889 Å². The van der Waals surface area contributed by atoms with Crippen LogP contribution in [0.25, 0.3) is 0 Å². The van der Waals surface area contributed by atoms with Crippen molar-refractivity contribution in [1.82, 2.24) is 15.1 Å². The van der Waals surface area contributed by atoms with Crippen LogP contribution in [0.15, 0.2) is 147 Å². The molecule has 4 N–H and O–H groups in total. The van der Waals surface area contributed by atoms with Crippen molar-refractivity contribution in [2.24, 2.45) is 0 Å². The third-order valence-corrected chi connectivity index (χ3v) is 38.7. The molecule has 0 aliphatic carbocycles. The number of carbonyl (C=O) groups excluding carboxylic acids is 2. The number of rotatable bonds is 26. The van der Waals surface area contributed by atoms with Gasteiger partial charge in [0.15, 0.2) is 40.6 Å². The number of fused-ring (bicyclic) bond motifs is 3. The fraction of sp³-hybridized carbons (Fsp3) is 0.516. The van der Waals surface area contributed by atoms with Gasteiger partial charge in [0.2, 0.25) is 0 Å². The van der Waals surface area contributed by atoms with Gasteiger partial charge < -0.3 is 63.0 Å². The monoisotopic (exact) mass is 2730 g/mol. The number of nitrogens with zero attached hydrogens (tertiary/aromatic N) is 2. The summed E-state index contributed by atoms with van der Waals surface area (Å²) in [5, 5.41) is 21.6. The van der Waals surface area contributed by atoms with E-state index in [0.717, 1.165) is 113 Å². The van der Waals surface area contributed by atoms with E-state index in [0.29, 0.717) is 72.7 Å². The zero-order chi connectivity index (χ0) is 98.6. The van der Waals surface area contributed by atoms with Crippen LogP contribution in [0.3, 0.4) is 0 Å². The van der Waals surface area contributed by atoms with Crippen molar-refractivity contribution in [2.45, 2.75) is 273 Å². The molecule has 0 aromatic heterocycles. The number of halogens is 6. The molecule has 1 atom stereocenters. The normalized spacial score (nSPS) is 15.3. The van der Waals surface area contributed by atoms with Gasteiger partial charge in [-0.1, -0.05) is 144 Å². The second-order valence-corrected chi connectivity index (χ2v) is 99.2. The second kappa shape index (κ2) is 58.5. The van der Waals surface area contributed by atoms with E-state index in [-0.39, 0.29) is 121 Å². The van der Waals surface area contributed by atoms with Crippen LogP contribution in [0, 0.1) is 0 Å². The average Bonchev–Trinajstić information content (AvgIpc) is 1.34. The van der Waals surface area contributed by atoms with Crippen molar-refractivity contribution < 1.29 is 120 Å². The van der Waals surface area contributed by atoms with E-state index in [4.69, 9.17) is 38.3 Å². The molecule has 134 heavy (non-hydrogen) atoms. The van der Waals surface area contributed by atoms with Crippen LogP contribution >= 0.6 is 120 Å². The zero-order valence-electron chi connectivity index (χ0n) is 79.3. The van der Waals surface area contributed by atoms with E-state index >= 15 is 0 Å². The Bertz CT molecular complexity index is 5380. The van der Waals surface area contributed by atoms with Crippen LogP contribution in [0.1, 0.15) is 211 Å². The first-order valence-electron chi connectivity index (χ1n) is 44.0. The van der Waals surface area contributed by atoms with Crippen LogP contribution in [0.5, 0.6) is 23.0 Å². The van der Waals surface area contributed by atoms with Gasteiger partial charge in [0.25, 0.3) is 11.8 Å². The zero-order valence-corrected chi connectivity index (χ0v) is 101. The molecule has 6 aliphatic heterocycles. The van der Waals surface area contributed by atoms with Crippen molar-refractivity contribution >= 4 is 208 Å². The minimum absolute atomic E-state index is 0. The molecule has 6 aliphatic rings. The number of nitrogens with one attached hydrogen (secondary N) is 1. The molecule has 13 rings (SSSR count). The Balaban J connectivity index is 0.000000348. The number of carbonyl (C=O) groups is 4. The molecule has 745 valence electrons. The largest absolute Gasteiger partial charge is 0.381 e. The molecule has 7 aromatic carbocycles. The summed E-state index contributed by atoms with van der Waals surface area (Å²) in [7, 11) is -14.1. The molecule has 1 radical (unpaired) electrons. The van der Waals surface area contributed by atoms with Gasteiger partial charge in [-0.15, -0.1) is 0 Å². The minimum Gasteiger partial charge on any atom is -0.381 e. The maximum atomic E-state index is 13.7. The molecular weight excluding hydrogens is 2590 g/mol. The van der Waals surface area contributed by atoms with Crippen LogP contribution < -0.4 is 24.3 Å². The van der Waals surface area contributed by atoms with Gasteiger partial charge >= 0.3 is 76.8 Å². The average molecular weight is 2730 g/mol. The Morgan fingerprint density at radius 3 is 1.04 bits per heavy atom. The predicted molar refractivity (Wildman–Crippen MR) is 590 cm³/mol. The summed E-state index contributed by atoms with van der Waals surface area (Å²) in [6.45, 7) is 43.8. The number of carboxylic acid groups (broad SMARTS) is 2. The van der Waals surface area contributed by atoms with E-state index in [1.807, 2.05) is 27.7 Å². The fourth-order valence-corrected chi connectivity index (χ4v) is 24.3. The quantitative estimate of drug-likeness (QED) is 0.0169. The number of alkyl halides is 1. The smallest absolute Gasteiger partial charge is 0.0471 e. The van der Waals surface area contributed by atoms with Gasteiger partial charge in [-0.05, 0) is 251 Å². The first-order chi connectivity index (χ1) is 61.7. The number of hydrogen-bond acceptors (Lipinski definition) is 19. The molecule has 39 heteroatoms. The number of amides is 2. The van der Waals surface area contributed by atoms with Gasteiger partial charge in [0.05, 0.1) is 74.7 Å². The maximum absolute atomic E-state index is 13.7. The summed E-state index contributed by atoms with van der Waals surface area (Å²) >= 11 is 11.9. The van der Waals surface area contributed by atoms with Crippen molar-refractivity contribution in [2.75, 3.05) is 61.5 Å². The Morgan fingerprint density at radius 1 is 0.448 bits per heavy atom. The number of aromatic carboxylic acids is 2. The summed E-state index contributed by atoms with van der Waals surface area (Å²) in [6, 6.07) is 38.5. The minimum atomic E-state index is -3.49. The third kappa shape index (κ3) is 42.1. The van der Waals surface area contributed by atoms with Crippen LogP contribution in [-0.4, -0.2) is 188 Å². The molecule has 1 unspecified atom stereocenters. The van der Waals surface area contributed by atoms with E-state index in [9.17, 15) is 58.3 Å². The summed E-state index contributed by atoms with van der Waals surface area (Å²) in [6.07, 6.45) is 6.89. The van der Waals surface area contributed by atoms with E-state index < -0.39 is 76.8 Å². The summed E-state index contributed by atoms with van der Waals surface area (Å²) < 4.78 is 135. The van der Waals surface area contributed by atoms with Gasteiger partial charge in [-0.3, -0.25) is 9.59 Å². The third-order valence-electron chi connectivity index (χ3n) is 21.6. The number of ether oxygens (including phenoxy) is 7. The summed E-state index contributed by atoms with van der Waals surface area (Å²) in [5.41, 5.74) is 12.1. The Morgan fingerprint density at radius 2 is 0.731 bits per heavy atom. The van der Waals surface area contributed by atoms with Gasteiger partial charge in [-0.2, -0.15) is 0 Å². The Kier molecular flexibility index (Phi) is 54.1. The molecule has 0 bridgehead atoms. The van der Waals surface area contributed by atoms with E-state index in [2.05, 4.69) is 239 Å². The molecule has 24 nitrogen and oxygen atoms in total. The molecule has 3 fully saturated rings. The number of benzene rings is 7. The SMILES string of the molecule is C.CC(C)Oc1ccc(S(=O)(=O)CC[Si](C)(C)C)cc1C(=O)N1Cc2ccc(C3CCOCC3)cc2C1.CC(C)Oc1ccc(S(=O)(=O)CC[Si](C)(C)C)cc1C(=O)O.CC(C)Oc1ccc(S(=O)O)cc1C(=O)N1Cc2ccc(C3CCOCC3)cc2C1.CC(C)Oc1ccc(S(C)(=O)=O)cc1C(=O)O.C[Si](C)(C)CI.II.[I][V]([I])[I].[V].c1cc2c(cc1C1CCOCC1)CNC2. The van der Waals surface area contributed by atoms with Gasteiger partial charge in [0, 0.05) is 157 Å². The molecule has 3 saturated heterocycles. The topological polar surface area (TPSA) is 332 Å².